The number of pyridine rings is 4. The molecule has 1 amide bonds. The Hall–Kier alpha value is -6.36. The van der Waals surface area contributed by atoms with Crippen LogP contribution < -0.4 is 16.4 Å². The molecule has 0 saturated heterocycles. The van der Waals surface area contributed by atoms with Crippen LogP contribution in [0.25, 0.3) is 43.4 Å². The summed E-state index contributed by atoms with van der Waals surface area (Å²) in [6, 6.07) is 28.8. The monoisotopic (exact) mass is 697 g/mol. The molecule has 0 unspecified atom stereocenters. The zero-order chi connectivity index (χ0) is 34.8. The van der Waals surface area contributed by atoms with Crippen LogP contribution in [-0.2, 0) is 0 Å². The minimum absolute atomic E-state index is 0.150. The number of rotatable bonds is 6. The molecule has 50 heavy (non-hydrogen) atoms. The number of hydrogen-bond donors (Lipinski definition) is 4. The van der Waals surface area contributed by atoms with E-state index in [9.17, 15) is 14.7 Å². The van der Waals surface area contributed by atoms with Crippen molar-refractivity contribution in [2.45, 2.75) is 0 Å². The first-order chi connectivity index (χ1) is 24.3. The molecule has 4 aromatic carbocycles. The number of anilines is 4. The van der Waals surface area contributed by atoms with Crippen molar-refractivity contribution in [2.24, 2.45) is 5.73 Å². The van der Waals surface area contributed by atoms with E-state index in [0.29, 0.717) is 38.3 Å². The second-order valence-electron chi connectivity index (χ2n) is 11.1. The van der Waals surface area contributed by atoms with Gasteiger partial charge >= 0.3 is 5.97 Å². The van der Waals surface area contributed by atoms with Crippen molar-refractivity contribution in [1.29, 1.82) is 0 Å². The fraction of sp³-hybridized carbons (Fsp3) is 0. The third kappa shape index (κ3) is 6.40. The molecule has 0 atom stereocenters. The molecule has 8 rings (SSSR count). The van der Waals surface area contributed by atoms with E-state index in [1.54, 1.807) is 73.3 Å². The lowest BCUT2D eigenvalue weighted by molar-refractivity contribution is 0.0698. The standard InChI is InChI=1S/C19H13ClN4O.C19H12ClN3O2/c20-11-3-1-4-12(9-11)23-19-14-7-8-22-10-16(14)13-5-2-6-15(18(21)25)17(13)24-19;20-11-3-1-4-12(9-11)22-18-14-7-8-21-10-16(14)13-5-2-6-15(19(24)25)17(13)23-18/h1-10H,(H2,21,25)(H,23,24);1-10H,(H,22,23)(H,24,25). The van der Waals surface area contributed by atoms with Crippen LogP contribution in [0.1, 0.15) is 20.7 Å². The van der Waals surface area contributed by atoms with Gasteiger partial charge < -0.3 is 21.5 Å². The number of aromatic nitrogens is 4. The van der Waals surface area contributed by atoms with Crippen LogP contribution in [0.15, 0.2) is 122 Å². The second kappa shape index (κ2) is 13.6. The molecular formula is C38H25Cl2N7O3. The maximum absolute atomic E-state index is 11.8. The predicted molar refractivity (Wildman–Crippen MR) is 199 cm³/mol. The topological polar surface area (TPSA) is 156 Å². The number of carboxylic acids is 1. The minimum atomic E-state index is -1.02. The fourth-order valence-electron chi connectivity index (χ4n) is 5.71. The van der Waals surface area contributed by atoms with E-state index in [4.69, 9.17) is 28.9 Å². The van der Waals surface area contributed by atoms with Crippen molar-refractivity contribution in [3.63, 3.8) is 0 Å². The van der Waals surface area contributed by atoms with Gasteiger partial charge in [-0.25, -0.2) is 14.8 Å². The minimum Gasteiger partial charge on any atom is -0.478 e. The van der Waals surface area contributed by atoms with Crippen LogP contribution in [0.5, 0.6) is 0 Å². The SMILES string of the molecule is NC(=O)c1cccc2c1nc(Nc1cccc(Cl)c1)c1ccncc12.O=C(O)c1cccc2c1nc(Nc1cccc(Cl)c1)c1ccncc12. The highest BCUT2D eigenvalue weighted by Gasteiger charge is 2.16. The van der Waals surface area contributed by atoms with E-state index in [0.717, 1.165) is 43.7 Å². The Morgan fingerprint density at radius 1 is 0.580 bits per heavy atom. The molecule has 4 aromatic heterocycles. The molecule has 0 radical (unpaired) electrons. The summed E-state index contributed by atoms with van der Waals surface area (Å²) in [6.45, 7) is 0. The molecule has 0 bridgehead atoms. The van der Waals surface area contributed by atoms with Gasteiger partial charge in [-0.05, 0) is 60.7 Å². The Balaban J connectivity index is 0.000000157. The molecule has 4 heterocycles. The molecule has 244 valence electrons. The molecule has 5 N–H and O–H groups in total. The summed E-state index contributed by atoms with van der Waals surface area (Å²) < 4.78 is 0. The van der Waals surface area contributed by atoms with Crippen molar-refractivity contribution in [2.75, 3.05) is 10.6 Å². The number of para-hydroxylation sites is 2. The van der Waals surface area contributed by atoms with Crippen molar-refractivity contribution in [1.82, 2.24) is 19.9 Å². The first kappa shape index (κ1) is 32.2. The van der Waals surface area contributed by atoms with Crippen LogP contribution >= 0.6 is 23.2 Å². The number of carboxylic acid groups (broad SMARTS) is 1. The maximum atomic E-state index is 11.8. The number of nitrogens with zero attached hydrogens (tertiary/aromatic N) is 4. The highest BCUT2D eigenvalue weighted by Crippen LogP contribution is 2.34. The van der Waals surface area contributed by atoms with Crippen LogP contribution in [0, 0.1) is 0 Å². The number of carbonyl (C=O) groups excluding carboxylic acids is 1. The Bertz CT molecular complexity index is 2440. The number of nitrogens with one attached hydrogen (secondary N) is 2. The van der Waals surface area contributed by atoms with Gasteiger partial charge in [0, 0.05) is 78.5 Å². The van der Waals surface area contributed by atoms with Gasteiger partial charge in [0.05, 0.1) is 22.2 Å². The maximum Gasteiger partial charge on any atom is 0.337 e. The number of primary amides is 1. The van der Waals surface area contributed by atoms with Gasteiger partial charge in [0.1, 0.15) is 11.6 Å². The first-order valence-electron chi connectivity index (χ1n) is 15.2. The smallest absolute Gasteiger partial charge is 0.337 e. The average Bonchev–Trinajstić information content (AvgIpc) is 3.11. The van der Waals surface area contributed by atoms with Crippen molar-refractivity contribution < 1.29 is 14.7 Å². The molecule has 10 nitrogen and oxygen atoms in total. The molecule has 8 aromatic rings. The number of amides is 1. The summed E-state index contributed by atoms with van der Waals surface area (Å²) in [7, 11) is 0. The number of nitrogens with two attached hydrogens (primary N) is 1. The number of halogens is 2. The summed E-state index contributed by atoms with van der Waals surface area (Å²) >= 11 is 12.1. The normalized spacial score (nSPS) is 10.9. The zero-order valence-corrected chi connectivity index (χ0v) is 27.4. The summed E-state index contributed by atoms with van der Waals surface area (Å²) in [4.78, 5) is 41.0. The Kier molecular flexibility index (Phi) is 8.78. The van der Waals surface area contributed by atoms with Crippen LogP contribution in [-0.4, -0.2) is 36.9 Å². The van der Waals surface area contributed by atoms with E-state index in [2.05, 4.69) is 30.6 Å². The van der Waals surface area contributed by atoms with Gasteiger partial charge in [-0.15, -0.1) is 0 Å². The van der Waals surface area contributed by atoms with Crippen LogP contribution in [0.2, 0.25) is 10.0 Å². The van der Waals surface area contributed by atoms with Crippen LogP contribution in [0.3, 0.4) is 0 Å². The molecule has 0 aliphatic rings. The van der Waals surface area contributed by atoms with E-state index >= 15 is 0 Å². The highest BCUT2D eigenvalue weighted by atomic mass is 35.5. The van der Waals surface area contributed by atoms with Gasteiger partial charge in [-0.3, -0.25) is 14.8 Å². The molecule has 0 spiro atoms. The number of carbonyl (C=O) groups is 2. The van der Waals surface area contributed by atoms with E-state index in [1.807, 2.05) is 48.5 Å². The van der Waals surface area contributed by atoms with E-state index in [1.165, 1.54) is 0 Å². The summed E-state index contributed by atoms with van der Waals surface area (Å²) in [6.07, 6.45) is 6.86. The van der Waals surface area contributed by atoms with Gasteiger partial charge in [-0.1, -0.05) is 59.6 Å². The summed E-state index contributed by atoms with van der Waals surface area (Å²) in [5.74, 6) is -0.369. The van der Waals surface area contributed by atoms with Gasteiger partial charge in [0.15, 0.2) is 0 Å². The molecule has 0 fully saturated rings. The molecule has 0 saturated carbocycles. The highest BCUT2D eigenvalue weighted by molar-refractivity contribution is 6.31. The number of fused-ring (bicyclic) bond motifs is 6. The fourth-order valence-corrected chi connectivity index (χ4v) is 6.09. The lowest BCUT2D eigenvalue weighted by Gasteiger charge is -2.13. The zero-order valence-electron chi connectivity index (χ0n) is 25.9. The molecule has 0 aliphatic carbocycles. The quantitative estimate of drug-likeness (QED) is 0.124. The lowest BCUT2D eigenvalue weighted by atomic mass is 10.0. The molecule has 12 heteroatoms. The molecular weight excluding hydrogens is 673 g/mol. The third-order valence-corrected chi connectivity index (χ3v) is 8.39. The third-order valence-electron chi connectivity index (χ3n) is 7.92. The number of hydrogen-bond acceptors (Lipinski definition) is 8. The van der Waals surface area contributed by atoms with Crippen molar-refractivity contribution in [3.8, 4) is 0 Å². The van der Waals surface area contributed by atoms with Crippen molar-refractivity contribution >= 4 is 101 Å². The second-order valence-corrected chi connectivity index (χ2v) is 12.0. The average molecular weight is 699 g/mol. The van der Waals surface area contributed by atoms with Crippen molar-refractivity contribution in [3.05, 3.63) is 143 Å². The first-order valence-corrected chi connectivity index (χ1v) is 15.9. The van der Waals surface area contributed by atoms with E-state index in [-0.39, 0.29) is 5.56 Å². The lowest BCUT2D eigenvalue weighted by Crippen LogP contribution is -2.12. The number of aromatic carboxylic acids is 1. The summed E-state index contributed by atoms with van der Waals surface area (Å²) in [5.41, 5.74) is 8.56. The largest absolute Gasteiger partial charge is 0.478 e. The predicted octanol–water partition coefficient (Wildman–Crippen LogP) is 9.16. The summed E-state index contributed by atoms with van der Waals surface area (Å²) in [5, 5.41) is 22.2. The molecule has 0 aliphatic heterocycles. The van der Waals surface area contributed by atoms with E-state index < -0.39 is 11.9 Å². The van der Waals surface area contributed by atoms with Crippen LogP contribution in [0.4, 0.5) is 23.0 Å². The Labute approximate surface area is 294 Å². The Morgan fingerprint density at radius 3 is 1.50 bits per heavy atom. The Morgan fingerprint density at radius 2 is 1.04 bits per heavy atom. The number of benzene rings is 4. The van der Waals surface area contributed by atoms with Gasteiger partial charge in [0.25, 0.3) is 5.91 Å². The van der Waals surface area contributed by atoms with Gasteiger partial charge in [-0.2, -0.15) is 0 Å². The van der Waals surface area contributed by atoms with Gasteiger partial charge in [0.2, 0.25) is 0 Å².